The SMILES string of the molecule is NCC(Oc1cc(Br)ccc1Cl)c1cc(Br)cs1. The minimum Gasteiger partial charge on any atom is -0.482 e. The lowest BCUT2D eigenvalue weighted by Gasteiger charge is -2.17. The third-order valence-corrected chi connectivity index (χ3v) is 4.87. The molecule has 0 bridgehead atoms. The van der Waals surface area contributed by atoms with Crippen molar-refractivity contribution in [1.82, 2.24) is 0 Å². The monoisotopic (exact) mass is 409 g/mol. The number of ether oxygens (including phenoxy) is 1. The molecule has 1 aromatic carbocycles. The molecule has 0 aliphatic heterocycles. The van der Waals surface area contributed by atoms with E-state index in [0.717, 1.165) is 13.8 Å². The van der Waals surface area contributed by atoms with E-state index < -0.39 is 0 Å². The van der Waals surface area contributed by atoms with Crippen molar-refractivity contribution in [3.05, 3.63) is 48.5 Å². The third-order valence-electron chi connectivity index (χ3n) is 2.28. The number of rotatable bonds is 4. The zero-order valence-corrected chi connectivity index (χ0v) is 13.9. The van der Waals surface area contributed by atoms with Crippen molar-refractivity contribution in [2.24, 2.45) is 5.73 Å². The zero-order valence-electron chi connectivity index (χ0n) is 9.20. The molecule has 0 amide bonds. The highest BCUT2D eigenvalue weighted by Gasteiger charge is 2.15. The molecule has 0 saturated carbocycles. The summed E-state index contributed by atoms with van der Waals surface area (Å²) in [5.74, 6) is 0.631. The number of thiophene rings is 1. The Bertz CT molecular complexity index is 547. The lowest BCUT2D eigenvalue weighted by molar-refractivity contribution is 0.218. The molecule has 6 heteroatoms. The maximum atomic E-state index is 6.10. The minimum absolute atomic E-state index is 0.187. The Hall–Kier alpha value is -0.0700. The summed E-state index contributed by atoms with van der Waals surface area (Å²) >= 11 is 14.5. The molecule has 0 fully saturated rings. The van der Waals surface area contributed by atoms with Gasteiger partial charge in [0.15, 0.2) is 0 Å². The molecule has 0 spiro atoms. The van der Waals surface area contributed by atoms with Gasteiger partial charge in [-0.15, -0.1) is 11.3 Å². The van der Waals surface area contributed by atoms with Crippen molar-refractivity contribution in [1.29, 1.82) is 0 Å². The first kappa shape index (κ1) is 14.3. The zero-order chi connectivity index (χ0) is 13.1. The van der Waals surface area contributed by atoms with Crippen LogP contribution in [0, 0.1) is 0 Å². The molecule has 96 valence electrons. The van der Waals surface area contributed by atoms with Crippen LogP contribution in [0.15, 0.2) is 38.6 Å². The van der Waals surface area contributed by atoms with E-state index in [1.165, 1.54) is 0 Å². The van der Waals surface area contributed by atoms with E-state index in [1.54, 1.807) is 17.4 Å². The van der Waals surface area contributed by atoms with Crippen LogP contribution in [0.3, 0.4) is 0 Å². The second-order valence-electron chi connectivity index (χ2n) is 3.58. The van der Waals surface area contributed by atoms with E-state index in [-0.39, 0.29) is 6.10 Å². The summed E-state index contributed by atoms with van der Waals surface area (Å²) < 4.78 is 7.83. The maximum absolute atomic E-state index is 6.10. The largest absolute Gasteiger partial charge is 0.482 e. The Balaban J connectivity index is 2.22. The van der Waals surface area contributed by atoms with E-state index in [9.17, 15) is 0 Å². The molecule has 2 N–H and O–H groups in total. The number of nitrogens with two attached hydrogens (primary N) is 1. The van der Waals surface area contributed by atoms with E-state index >= 15 is 0 Å². The smallest absolute Gasteiger partial charge is 0.145 e. The van der Waals surface area contributed by atoms with Crippen LogP contribution in [-0.2, 0) is 0 Å². The van der Waals surface area contributed by atoms with Crippen LogP contribution in [0.1, 0.15) is 11.0 Å². The van der Waals surface area contributed by atoms with E-state index in [1.807, 2.05) is 23.6 Å². The lowest BCUT2D eigenvalue weighted by atomic mass is 10.3. The van der Waals surface area contributed by atoms with Crippen LogP contribution in [-0.4, -0.2) is 6.54 Å². The van der Waals surface area contributed by atoms with Gasteiger partial charge in [0, 0.05) is 25.7 Å². The molecule has 2 nitrogen and oxygen atoms in total. The first-order chi connectivity index (χ1) is 8.60. The average molecular weight is 412 g/mol. The van der Waals surface area contributed by atoms with Gasteiger partial charge in [0.1, 0.15) is 11.9 Å². The highest BCUT2D eigenvalue weighted by atomic mass is 79.9. The van der Waals surface area contributed by atoms with Gasteiger partial charge in [0.2, 0.25) is 0 Å². The first-order valence-electron chi connectivity index (χ1n) is 5.16. The van der Waals surface area contributed by atoms with Gasteiger partial charge >= 0.3 is 0 Å². The summed E-state index contributed by atoms with van der Waals surface area (Å²) in [6.45, 7) is 0.399. The summed E-state index contributed by atoms with van der Waals surface area (Å²) in [7, 11) is 0. The number of hydrogen-bond donors (Lipinski definition) is 1. The lowest BCUT2D eigenvalue weighted by Crippen LogP contribution is -2.17. The van der Waals surface area contributed by atoms with Crippen LogP contribution in [0.4, 0.5) is 0 Å². The Labute approximate surface area is 131 Å². The Morgan fingerprint density at radius 2 is 2.06 bits per heavy atom. The quantitative estimate of drug-likeness (QED) is 0.768. The van der Waals surface area contributed by atoms with Gasteiger partial charge in [-0.2, -0.15) is 0 Å². The molecule has 0 aliphatic carbocycles. The van der Waals surface area contributed by atoms with Crippen LogP contribution in [0.25, 0.3) is 0 Å². The second-order valence-corrected chi connectivity index (χ2v) is 6.77. The fourth-order valence-electron chi connectivity index (χ4n) is 1.44. The normalized spacial score (nSPS) is 12.4. The number of hydrogen-bond acceptors (Lipinski definition) is 3. The van der Waals surface area contributed by atoms with Crippen molar-refractivity contribution < 1.29 is 4.74 Å². The number of halogens is 3. The van der Waals surface area contributed by atoms with Crippen molar-refractivity contribution in [2.75, 3.05) is 6.54 Å². The van der Waals surface area contributed by atoms with Crippen molar-refractivity contribution in [2.45, 2.75) is 6.10 Å². The molecule has 0 radical (unpaired) electrons. The molecule has 2 aromatic rings. The molecule has 1 atom stereocenters. The van der Waals surface area contributed by atoms with Gasteiger partial charge in [-0.05, 0) is 40.2 Å². The molecule has 1 heterocycles. The van der Waals surface area contributed by atoms with Crippen molar-refractivity contribution >= 4 is 54.8 Å². The molecule has 2 rings (SSSR count). The minimum atomic E-state index is -0.187. The van der Waals surface area contributed by atoms with Gasteiger partial charge in [0.05, 0.1) is 5.02 Å². The highest BCUT2D eigenvalue weighted by Crippen LogP contribution is 2.33. The molecular formula is C12H10Br2ClNOS. The molecular weight excluding hydrogens is 401 g/mol. The summed E-state index contributed by atoms with van der Waals surface area (Å²) in [6, 6.07) is 7.51. The molecule has 0 saturated heterocycles. The van der Waals surface area contributed by atoms with Gasteiger partial charge in [-0.3, -0.25) is 0 Å². The summed E-state index contributed by atoms with van der Waals surface area (Å²) in [4.78, 5) is 1.07. The van der Waals surface area contributed by atoms with Gasteiger partial charge in [0.25, 0.3) is 0 Å². The predicted octanol–water partition coefficient (Wildman–Crippen LogP) is 5.01. The van der Waals surface area contributed by atoms with Crippen molar-refractivity contribution in [3.63, 3.8) is 0 Å². The van der Waals surface area contributed by atoms with Gasteiger partial charge in [-0.1, -0.05) is 27.5 Å². The van der Waals surface area contributed by atoms with Crippen molar-refractivity contribution in [3.8, 4) is 5.75 Å². The molecule has 1 unspecified atom stereocenters. The van der Waals surface area contributed by atoms with E-state index in [4.69, 9.17) is 22.1 Å². The highest BCUT2D eigenvalue weighted by molar-refractivity contribution is 9.10. The van der Waals surface area contributed by atoms with Crippen LogP contribution < -0.4 is 10.5 Å². The summed E-state index contributed by atoms with van der Waals surface area (Å²) in [5.41, 5.74) is 5.76. The van der Waals surface area contributed by atoms with Gasteiger partial charge in [-0.25, -0.2) is 0 Å². The third kappa shape index (κ3) is 3.48. The Morgan fingerprint density at radius 3 is 2.67 bits per heavy atom. The summed E-state index contributed by atoms with van der Waals surface area (Å²) in [6.07, 6.45) is -0.187. The molecule has 1 aromatic heterocycles. The average Bonchev–Trinajstić information content (AvgIpc) is 2.77. The number of benzene rings is 1. The fraction of sp³-hybridized carbons (Fsp3) is 0.167. The van der Waals surface area contributed by atoms with Gasteiger partial charge < -0.3 is 10.5 Å². The fourth-order valence-corrected chi connectivity index (χ4v) is 3.43. The maximum Gasteiger partial charge on any atom is 0.145 e. The van der Waals surface area contributed by atoms with Crippen LogP contribution in [0.2, 0.25) is 5.02 Å². The van der Waals surface area contributed by atoms with E-state index in [2.05, 4.69) is 31.9 Å². The standard InChI is InChI=1S/C12H10Br2ClNOS/c13-7-1-2-9(15)10(3-7)17-11(5-16)12-4-8(14)6-18-12/h1-4,6,11H,5,16H2. The van der Waals surface area contributed by atoms with E-state index in [0.29, 0.717) is 17.3 Å². The molecule has 0 aliphatic rings. The topological polar surface area (TPSA) is 35.2 Å². The Morgan fingerprint density at radius 1 is 1.28 bits per heavy atom. The molecule has 18 heavy (non-hydrogen) atoms. The van der Waals surface area contributed by atoms with Crippen LogP contribution >= 0.6 is 54.8 Å². The summed E-state index contributed by atoms with van der Waals surface area (Å²) in [5, 5.41) is 2.58. The second kappa shape index (κ2) is 6.39. The predicted molar refractivity (Wildman–Crippen MR) is 83.6 cm³/mol. The first-order valence-corrected chi connectivity index (χ1v) is 8.00. The van der Waals surface area contributed by atoms with Crippen LogP contribution in [0.5, 0.6) is 5.75 Å². The Kier molecular flexibility index (Phi) is 5.09.